The van der Waals surface area contributed by atoms with E-state index in [2.05, 4.69) is 46.9 Å². The first-order chi connectivity index (χ1) is 9.47. The Morgan fingerprint density at radius 2 is 1.95 bits per heavy atom. The fourth-order valence-electron chi connectivity index (χ4n) is 2.49. The van der Waals surface area contributed by atoms with Crippen molar-refractivity contribution in [1.82, 2.24) is 9.55 Å². The molecule has 1 aromatic heterocycles. The highest BCUT2D eigenvalue weighted by atomic mass is 79.9. The van der Waals surface area contributed by atoms with Gasteiger partial charge in [0.2, 0.25) is 0 Å². The van der Waals surface area contributed by atoms with Gasteiger partial charge in [-0.05, 0) is 77.4 Å². The van der Waals surface area contributed by atoms with Crippen LogP contribution in [-0.2, 0) is 0 Å². The number of aryl methyl sites for hydroxylation is 2. The predicted molar refractivity (Wildman–Crippen MR) is 90.6 cm³/mol. The minimum atomic E-state index is 0.662. The minimum Gasteiger partial charge on any atom is -0.330 e. The molecule has 5 heteroatoms. The summed E-state index contributed by atoms with van der Waals surface area (Å²) >= 11 is 15.2. The van der Waals surface area contributed by atoms with Crippen molar-refractivity contribution in [3.05, 3.63) is 55.7 Å². The van der Waals surface area contributed by atoms with Crippen LogP contribution in [0.1, 0.15) is 11.1 Å². The van der Waals surface area contributed by atoms with Crippen molar-refractivity contribution in [3.63, 3.8) is 0 Å². The van der Waals surface area contributed by atoms with E-state index in [1.165, 1.54) is 5.56 Å². The Hall–Kier alpha value is -1.10. The summed E-state index contributed by atoms with van der Waals surface area (Å²) in [5.74, 6) is 0. The van der Waals surface area contributed by atoms with E-state index in [0.717, 1.165) is 26.8 Å². The summed E-state index contributed by atoms with van der Waals surface area (Å²) in [6.07, 6.45) is 0. The maximum Gasteiger partial charge on any atom is 0.182 e. The number of aromatic amines is 1. The SMILES string of the molecule is Cc1cc(C)c(-n2c(=S)[nH]c3ccc(Cl)cc32)c(Br)c1. The summed E-state index contributed by atoms with van der Waals surface area (Å²) in [5.41, 5.74) is 5.38. The molecule has 0 aliphatic rings. The highest BCUT2D eigenvalue weighted by Gasteiger charge is 2.13. The highest BCUT2D eigenvalue weighted by molar-refractivity contribution is 9.10. The molecular weight excluding hydrogens is 356 g/mol. The molecule has 0 radical (unpaired) electrons. The van der Waals surface area contributed by atoms with Crippen LogP contribution < -0.4 is 0 Å². The van der Waals surface area contributed by atoms with Crippen molar-refractivity contribution in [2.45, 2.75) is 13.8 Å². The van der Waals surface area contributed by atoms with Gasteiger partial charge in [-0.15, -0.1) is 0 Å². The maximum absolute atomic E-state index is 6.12. The predicted octanol–water partition coefficient (Wildman–Crippen LogP) is 5.72. The molecule has 0 atom stereocenters. The fraction of sp³-hybridized carbons (Fsp3) is 0.133. The quantitative estimate of drug-likeness (QED) is 0.545. The Balaban J connectivity index is 2.44. The van der Waals surface area contributed by atoms with Crippen LogP contribution in [0.5, 0.6) is 0 Å². The summed E-state index contributed by atoms with van der Waals surface area (Å²) in [6.45, 7) is 4.16. The third kappa shape index (κ3) is 2.22. The van der Waals surface area contributed by atoms with E-state index < -0.39 is 0 Å². The normalized spacial score (nSPS) is 11.2. The van der Waals surface area contributed by atoms with Crippen LogP contribution in [0.25, 0.3) is 16.7 Å². The number of nitrogens with zero attached hydrogens (tertiary/aromatic N) is 1. The van der Waals surface area contributed by atoms with Gasteiger partial charge < -0.3 is 4.98 Å². The summed E-state index contributed by atoms with van der Waals surface area (Å²) in [4.78, 5) is 3.22. The number of hydrogen-bond donors (Lipinski definition) is 1. The number of nitrogens with one attached hydrogen (secondary N) is 1. The van der Waals surface area contributed by atoms with Gasteiger partial charge in [0.1, 0.15) is 0 Å². The van der Waals surface area contributed by atoms with Crippen LogP contribution in [0.4, 0.5) is 0 Å². The van der Waals surface area contributed by atoms with Crippen LogP contribution >= 0.6 is 39.7 Å². The van der Waals surface area contributed by atoms with E-state index in [4.69, 9.17) is 23.8 Å². The number of imidazole rings is 1. The molecule has 1 heterocycles. The first-order valence-corrected chi connectivity index (χ1v) is 7.72. The Labute approximate surface area is 135 Å². The molecular formula is C15H12BrClN2S. The van der Waals surface area contributed by atoms with E-state index in [1.807, 2.05) is 22.8 Å². The van der Waals surface area contributed by atoms with Gasteiger partial charge >= 0.3 is 0 Å². The van der Waals surface area contributed by atoms with Crippen LogP contribution in [0.3, 0.4) is 0 Å². The molecule has 0 amide bonds. The van der Waals surface area contributed by atoms with Crippen LogP contribution in [0.15, 0.2) is 34.8 Å². The second-order valence-corrected chi connectivity index (χ2v) is 6.52. The molecule has 2 aromatic carbocycles. The Kier molecular flexibility index (Phi) is 3.48. The smallest absolute Gasteiger partial charge is 0.182 e. The largest absolute Gasteiger partial charge is 0.330 e. The third-order valence-corrected chi connectivity index (χ3v) is 4.39. The zero-order valence-corrected chi connectivity index (χ0v) is 14.2. The Morgan fingerprint density at radius 3 is 2.65 bits per heavy atom. The number of halogens is 2. The molecule has 0 unspecified atom stereocenters. The zero-order valence-electron chi connectivity index (χ0n) is 11.0. The molecule has 0 fully saturated rings. The van der Waals surface area contributed by atoms with Crippen LogP contribution in [0, 0.1) is 18.6 Å². The third-order valence-electron chi connectivity index (χ3n) is 3.27. The number of rotatable bonds is 1. The highest BCUT2D eigenvalue weighted by Crippen LogP contribution is 2.30. The second kappa shape index (κ2) is 5.02. The lowest BCUT2D eigenvalue weighted by atomic mass is 10.1. The van der Waals surface area contributed by atoms with E-state index >= 15 is 0 Å². The molecule has 3 aromatic rings. The van der Waals surface area contributed by atoms with Crippen LogP contribution in [0.2, 0.25) is 5.02 Å². The summed E-state index contributed by atoms with van der Waals surface area (Å²) in [6, 6.07) is 9.96. The van der Waals surface area contributed by atoms with E-state index in [9.17, 15) is 0 Å². The van der Waals surface area contributed by atoms with Crippen molar-refractivity contribution in [3.8, 4) is 5.69 Å². The maximum atomic E-state index is 6.12. The fourth-order valence-corrected chi connectivity index (χ4v) is 3.81. The molecule has 0 saturated heterocycles. The zero-order chi connectivity index (χ0) is 14.4. The van der Waals surface area contributed by atoms with Gasteiger partial charge in [-0.25, -0.2) is 0 Å². The van der Waals surface area contributed by atoms with Gasteiger partial charge in [0, 0.05) is 9.50 Å². The topological polar surface area (TPSA) is 20.7 Å². The monoisotopic (exact) mass is 366 g/mol. The van der Waals surface area contributed by atoms with Crippen molar-refractivity contribution in [1.29, 1.82) is 0 Å². The molecule has 102 valence electrons. The van der Waals surface area contributed by atoms with Crippen molar-refractivity contribution < 1.29 is 0 Å². The molecule has 2 nitrogen and oxygen atoms in total. The molecule has 0 aliphatic heterocycles. The average Bonchev–Trinajstić information content (AvgIpc) is 2.65. The van der Waals surface area contributed by atoms with Crippen molar-refractivity contribution in [2.24, 2.45) is 0 Å². The van der Waals surface area contributed by atoms with Gasteiger partial charge in [0.15, 0.2) is 4.77 Å². The summed E-state index contributed by atoms with van der Waals surface area (Å²) < 4.78 is 3.71. The molecule has 1 N–H and O–H groups in total. The first kappa shape index (κ1) is 13.9. The number of hydrogen-bond acceptors (Lipinski definition) is 1. The molecule has 3 rings (SSSR count). The average molecular weight is 368 g/mol. The van der Waals surface area contributed by atoms with E-state index in [-0.39, 0.29) is 0 Å². The van der Waals surface area contributed by atoms with E-state index in [1.54, 1.807) is 0 Å². The van der Waals surface area contributed by atoms with Gasteiger partial charge in [0.05, 0.1) is 16.7 Å². The number of benzene rings is 2. The molecule has 0 spiro atoms. The lowest BCUT2D eigenvalue weighted by molar-refractivity contribution is 1.04. The standard InChI is InChI=1S/C15H12BrClN2S/c1-8-5-9(2)14(11(16)6-8)19-13-7-10(17)3-4-12(13)18-15(19)20/h3-7H,1-2H3,(H,18,20). The number of aromatic nitrogens is 2. The minimum absolute atomic E-state index is 0.662. The van der Waals surface area contributed by atoms with Crippen LogP contribution in [-0.4, -0.2) is 9.55 Å². The molecule has 0 bridgehead atoms. The number of H-pyrrole nitrogens is 1. The lowest BCUT2D eigenvalue weighted by Gasteiger charge is -2.12. The summed E-state index contributed by atoms with van der Waals surface area (Å²) in [7, 11) is 0. The van der Waals surface area contributed by atoms with Gasteiger partial charge in [-0.2, -0.15) is 0 Å². The van der Waals surface area contributed by atoms with Gasteiger partial charge in [0.25, 0.3) is 0 Å². The van der Waals surface area contributed by atoms with Crippen molar-refractivity contribution in [2.75, 3.05) is 0 Å². The first-order valence-electron chi connectivity index (χ1n) is 6.15. The Bertz CT molecular complexity index is 856. The Morgan fingerprint density at radius 1 is 1.20 bits per heavy atom. The molecule has 0 saturated carbocycles. The van der Waals surface area contributed by atoms with Gasteiger partial charge in [-0.3, -0.25) is 4.57 Å². The number of fused-ring (bicyclic) bond motifs is 1. The molecule has 0 aliphatic carbocycles. The van der Waals surface area contributed by atoms with E-state index in [0.29, 0.717) is 9.79 Å². The lowest BCUT2D eigenvalue weighted by Crippen LogP contribution is -1.99. The summed E-state index contributed by atoms with van der Waals surface area (Å²) in [5, 5.41) is 0.695. The van der Waals surface area contributed by atoms with Crippen molar-refractivity contribution >= 4 is 50.8 Å². The molecule has 20 heavy (non-hydrogen) atoms. The van der Waals surface area contributed by atoms with Gasteiger partial charge in [-0.1, -0.05) is 17.7 Å². The second-order valence-electron chi connectivity index (χ2n) is 4.84.